The van der Waals surface area contributed by atoms with E-state index in [1.165, 1.54) is 17.0 Å². The normalized spacial score (nSPS) is 11.1. The van der Waals surface area contributed by atoms with E-state index < -0.39 is 0 Å². The maximum Gasteiger partial charge on any atom is 0.286 e. The molecule has 2 heterocycles. The van der Waals surface area contributed by atoms with Gasteiger partial charge >= 0.3 is 0 Å². The van der Waals surface area contributed by atoms with Crippen LogP contribution in [0.15, 0.2) is 82.1 Å². The highest BCUT2D eigenvalue weighted by atomic mass is 32.2. The fourth-order valence-electron chi connectivity index (χ4n) is 3.26. The third kappa shape index (κ3) is 4.17. The number of para-hydroxylation sites is 1. The fraction of sp³-hybridized carbons (Fsp3) is 0.0833. The van der Waals surface area contributed by atoms with Crippen molar-refractivity contribution in [2.24, 2.45) is 0 Å². The Morgan fingerprint density at radius 2 is 1.62 bits per heavy atom. The molecule has 32 heavy (non-hydrogen) atoms. The number of hydrogen-bond acceptors (Lipinski definition) is 7. The molecule has 5 rings (SSSR count). The lowest BCUT2D eigenvalue weighted by Crippen LogP contribution is -2.04. The minimum Gasteiger partial charge on any atom is -0.413 e. The average Bonchev–Trinajstić information content (AvgIpc) is 3.33. The first-order valence-corrected chi connectivity index (χ1v) is 11.2. The second kappa shape index (κ2) is 8.76. The Bertz CT molecular complexity index is 1370. The Morgan fingerprint density at radius 1 is 0.875 bits per heavy atom. The van der Waals surface area contributed by atoms with Crippen molar-refractivity contribution in [3.8, 4) is 23.2 Å². The van der Waals surface area contributed by atoms with Gasteiger partial charge in [-0.1, -0.05) is 24.3 Å². The van der Waals surface area contributed by atoms with Gasteiger partial charge in [0.25, 0.3) is 5.89 Å². The highest BCUT2D eigenvalue weighted by molar-refractivity contribution is 7.98. The number of thioether (sulfide) groups is 1. The van der Waals surface area contributed by atoms with Gasteiger partial charge in [-0.25, -0.2) is 14.4 Å². The van der Waals surface area contributed by atoms with Gasteiger partial charge in [-0.05, 0) is 60.4 Å². The summed E-state index contributed by atoms with van der Waals surface area (Å²) in [6, 6.07) is 22.0. The van der Waals surface area contributed by atoms with Crippen LogP contribution in [0.25, 0.3) is 34.1 Å². The van der Waals surface area contributed by atoms with Crippen molar-refractivity contribution in [2.75, 3.05) is 11.6 Å². The van der Waals surface area contributed by atoms with E-state index in [1.54, 1.807) is 23.9 Å². The van der Waals surface area contributed by atoms with E-state index in [1.807, 2.05) is 24.3 Å². The van der Waals surface area contributed by atoms with E-state index in [4.69, 9.17) is 4.42 Å². The highest BCUT2D eigenvalue weighted by Gasteiger charge is 2.16. The Morgan fingerprint density at radius 3 is 2.41 bits per heavy atom. The van der Waals surface area contributed by atoms with Crippen LogP contribution in [0.5, 0.6) is 0 Å². The first-order valence-electron chi connectivity index (χ1n) is 9.93. The first kappa shape index (κ1) is 20.1. The predicted octanol–water partition coefficient (Wildman–Crippen LogP) is 5.82. The van der Waals surface area contributed by atoms with Gasteiger partial charge in [-0.2, -0.15) is 0 Å². The van der Waals surface area contributed by atoms with Gasteiger partial charge in [0.15, 0.2) is 0 Å². The lowest BCUT2D eigenvalue weighted by Gasteiger charge is -2.10. The predicted molar refractivity (Wildman–Crippen MR) is 124 cm³/mol. The molecule has 0 bridgehead atoms. The van der Waals surface area contributed by atoms with Crippen molar-refractivity contribution in [1.82, 2.24) is 20.2 Å². The molecule has 6 nitrogen and oxygen atoms in total. The minimum absolute atomic E-state index is 0.197. The molecule has 0 unspecified atom stereocenters. The van der Waals surface area contributed by atoms with Crippen LogP contribution in [-0.2, 0) is 6.54 Å². The van der Waals surface area contributed by atoms with Gasteiger partial charge in [0, 0.05) is 22.4 Å². The van der Waals surface area contributed by atoms with E-state index in [2.05, 4.69) is 56.0 Å². The third-order valence-electron chi connectivity index (χ3n) is 4.93. The molecule has 5 aromatic rings. The number of aromatic nitrogens is 4. The van der Waals surface area contributed by atoms with Gasteiger partial charge < -0.3 is 9.73 Å². The number of halogens is 1. The second-order valence-electron chi connectivity index (χ2n) is 7.03. The summed E-state index contributed by atoms with van der Waals surface area (Å²) >= 11 is 1.71. The van der Waals surface area contributed by atoms with E-state index in [-0.39, 0.29) is 17.6 Å². The molecule has 0 spiro atoms. The van der Waals surface area contributed by atoms with E-state index >= 15 is 0 Å². The Kier molecular flexibility index (Phi) is 5.51. The van der Waals surface area contributed by atoms with Crippen LogP contribution < -0.4 is 5.32 Å². The zero-order valence-corrected chi connectivity index (χ0v) is 17.9. The highest BCUT2D eigenvalue weighted by Crippen LogP contribution is 2.27. The minimum atomic E-state index is -0.329. The Balaban J connectivity index is 1.47. The molecule has 0 fully saturated rings. The molecule has 0 saturated heterocycles. The van der Waals surface area contributed by atoms with Crippen LogP contribution in [0, 0.1) is 5.82 Å². The summed E-state index contributed by atoms with van der Waals surface area (Å²) in [6.07, 6.45) is 2.06. The number of fused-ring (bicyclic) bond motifs is 1. The van der Waals surface area contributed by atoms with E-state index in [0.717, 1.165) is 16.5 Å². The van der Waals surface area contributed by atoms with Gasteiger partial charge in [-0.15, -0.1) is 22.0 Å². The molecule has 0 aliphatic heterocycles. The zero-order valence-electron chi connectivity index (χ0n) is 17.1. The number of rotatable bonds is 6. The molecular formula is C24H18FN5OS. The maximum absolute atomic E-state index is 13.2. The molecule has 0 radical (unpaired) electrons. The number of nitrogens with zero attached hydrogens (tertiary/aromatic N) is 4. The molecule has 0 aliphatic rings. The lowest BCUT2D eigenvalue weighted by molar-refractivity contribution is 0.579. The summed E-state index contributed by atoms with van der Waals surface area (Å²) in [6.45, 7) is 0.611. The van der Waals surface area contributed by atoms with E-state index in [0.29, 0.717) is 23.8 Å². The number of anilines is 1. The van der Waals surface area contributed by atoms with Gasteiger partial charge in [-0.3, -0.25) is 0 Å². The van der Waals surface area contributed by atoms with Gasteiger partial charge in [0.05, 0.1) is 5.52 Å². The summed E-state index contributed by atoms with van der Waals surface area (Å²) in [7, 11) is 0. The van der Waals surface area contributed by atoms with Crippen molar-refractivity contribution in [3.63, 3.8) is 0 Å². The summed E-state index contributed by atoms with van der Waals surface area (Å²) in [5, 5.41) is 12.5. The Hall–Kier alpha value is -3.78. The quantitative estimate of drug-likeness (QED) is 0.331. The van der Waals surface area contributed by atoms with Crippen molar-refractivity contribution in [1.29, 1.82) is 0 Å². The standard InChI is InChI=1S/C24H18FN5OS/c1-32-18-12-6-15(7-13-18)14-26-21-19-4-2-3-5-20(19)27-22(28-21)24-30-29-23(31-24)16-8-10-17(25)11-9-16/h2-13H,14H2,1H3,(H,26,27,28). The van der Waals surface area contributed by atoms with Crippen LogP contribution in [0.3, 0.4) is 0 Å². The van der Waals surface area contributed by atoms with Crippen LogP contribution in [-0.4, -0.2) is 26.4 Å². The molecule has 2 aromatic heterocycles. The van der Waals surface area contributed by atoms with Gasteiger partial charge in [0.2, 0.25) is 11.7 Å². The second-order valence-corrected chi connectivity index (χ2v) is 7.91. The maximum atomic E-state index is 13.2. The van der Waals surface area contributed by atoms with Gasteiger partial charge in [0.1, 0.15) is 11.6 Å². The molecular weight excluding hydrogens is 425 g/mol. The largest absolute Gasteiger partial charge is 0.413 e. The molecule has 158 valence electrons. The average molecular weight is 444 g/mol. The van der Waals surface area contributed by atoms with Crippen molar-refractivity contribution >= 4 is 28.5 Å². The monoisotopic (exact) mass is 443 g/mol. The van der Waals surface area contributed by atoms with Crippen LogP contribution in [0.4, 0.5) is 10.2 Å². The molecule has 1 N–H and O–H groups in total. The molecule has 0 aliphatic carbocycles. The van der Waals surface area contributed by atoms with Crippen LogP contribution in [0.1, 0.15) is 5.56 Å². The molecule has 0 atom stereocenters. The lowest BCUT2D eigenvalue weighted by atomic mass is 10.2. The van der Waals surface area contributed by atoms with Crippen LogP contribution in [0.2, 0.25) is 0 Å². The summed E-state index contributed by atoms with van der Waals surface area (Å²) in [5.74, 6) is 1.15. The smallest absolute Gasteiger partial charge is 0.286 e. The first-order chi connectivity index (χ1) is 15.7. The number of benzene rings is 3. The third-order valence-corrected chi connectivity index (χ3v) is 5.67. The van der Waals surface area contributed by atoms with Crippen LogP contribution >= 0.6 is 11.8 Å². The topological polar surface area (TPSA) is 76.7 Å². The zero-order chi connectivity index (χ0) is 21.9. The van der Waals surface area contributed by atoms with E-state index in [9.17, 15) is 4.39 Å². The fourth-order valence-corrected chi connectivity index (χ4v) is 3.67. The Labute approximate surface area is 187 Å². The number of nitrogens with one attached hydrogen (secondary N) is 1. The molecule has 8 heteroatoms. The summed E-state index contributed by atoms with van der Waals surface area (Å²) in [4.78, 5) is 10.5. The molecule has 3 aromatic carbocycles. The van der Waals surface area contributed by atoms with Crippen molar-refractivity contribution in [3.05, 3.63) is 84.2 Å². The van der Waals surface area contributed by atoms with Crippen molar-refractivity contribution < 1.29 is 8.81 Å². The SMILES string of the molecule is CSc1ccc(CNc2nc(-c3nnc(-c4ccc(F)cc4)o3)nc3ccccc23)cc1. The number of hydrogen-bond donors (Lipinski definition) is 1. The molecule has 0 amide bonds. The molecule has 0 saturated carbocycles. The van der Waals surface area contributed by atoms with Crippen molar-refractivity contribution in [2.45, 2.75) is 11.4 Å². The summed E-state index contributed by atoms with van der Waals surface area (Å²) in [5.41, 5.74) is 2.53. The summed E-state index contributed by atoms with van der Waals surface area (Å²) < 4.78 is 19.0.